The quantitative estimate of drug-likeness (QED) is 0.859. The topological polar surface area (TPSA) is 61.4 Å². The summed E-state index contributed by atoms with van der Waals surface area (Å²) in [5.41, 5.74) is 0.562. The monoisotopic (exact) mass is 367 g/mol. The molecule has 3 unspecified atom stereocenters. The van der Waals surface area contributed by atoms with Crippen molar-refractivity contribution in [3.8, 4) is 0 Å². The van der Waals surface area contributed by atoms with E-state index >= 15 is 0 Å². The predicted molar refractivity (Wildman–Crippen MR) is 97.4 cm³/mol. The fourth-order valence-corrected chi connectivity index (χ4v) is 4.42. The molecule has 1 aromatic rings. The lowest BCUT2D eigenvalue weighted by Crippen LogP contribution is -2.56. The zero-order valence-electron chi connectivity index (χ0n) is 13.6. The van der Waals surface area contributed by atoms with E-state index in [1.54, 1.807) is 40.9 Å². The van der Waals surface area contributed by atoms with E-state index in [2.05, 4.69) is 17.6 Å². The van der Waals surface area contributed by atoms with E-state index in [4.69, 9.17) is 11.6 Å². The van der Waals surface area contributed by atoms with E-state index in [-0.39, 0.29) is 23.9 Å². The Kier molecular flexibility index (Phi) is 5.69. The van der Waals surface area contributed by atoms with Crippen molar-refractivity contribution in [3.63, 3.8) is 0 Å². The van der Waals surface area contributed by atoms with Gasteiger partial charge < -0.3 is 15.5 Å². The summed E-state index contributed by atoms with van der Waals surface area (Å²) >= 11 is 7.49. The van der Waals surface area contributed by atoms with Crippen molar-refractivity contribution in [2.24, 2.45) is 0 Å². The fourth-order valence-electron chi connectivity index (χ4n) is 3.14. The molecule has 0 saturated carbocycles. The minimum Gasteiger partial charge on any atom is -0.350 e. The highest BCUT2D eigenvalue weighted by molar-refractivity contribution is 7.99. The van der Waals surface area contributed by atoms with E-state index in [0.29, 0.717) is 22.2 Å². The number of amides is 2. The minimum atomic E-state index is -0.410. The SMILES string of the molecule is CC1NCCCC1NC(=O)C1CSCN1C(=O)c1ccc(Cl)cc1. The Labute approximate surface area is 151 Å². The number of nitrogens with zero attached hydrogens (tertiary/aromatic N) is 1. The Balaban J connectivity index is 1.67. The molecule has 7 heteroatoms. The lowest BCUT2D eigenvalue weighted by atomic mass is 9.99. The van der Waals surface area contributed by atoms with Gasteiger partial charge in [0.05, 0.1) is 5.88 Å². The molecule has 24 heavy (non-hydrogen) atoms. The normalized spacial score (nSPS) is 27.1. The molecule has 2 N–H and O–H groups in total. The maximum atomic E-state index is 12.7. The summed E-state index contributed by atoms with van der Waals surface area (Å²) in [6.07, 6.45) is 2.03. The molecule has 0 spiro atoms. The Morgan fingerprint density at radius 1 is 1.33 bits per heavy atom. The zero-order chi connectivity index (χ0) is 17.1. The Morgan fingerprint density at radius 2 is 2.08 bits per heavy atom. The van der Waals surface area contributed by atoms with Crippen LogP contribution in [0, 0.1) is 0 Å². The second-order valence-electron chi connectivity index (χ2n) is 6.30. The number of nitrogens with one attached hydrogen (secondary N) is 2. The molecule has 3 rings (SSSR count). The molecule has 2 heterocycles. The molecule has 2 saturated heterocycles. The van der Waals surface area contributed by atoms with E-state index in [0.717, 1.165) is 19.4 Å². The molecule has 130 valence electrons. The lowest BCUT2D eigenvalue weighted by Gasteiger charge is -2.32. The number of halogens is 1. The summed E-state index contributed by atoms with van der Waals surface area (Å²) in [5.74, 6) is 1.01. The van der Waals surface area contributed by atoms with Gasteiger partial charge in [0.15, 0.2) is 0 Å². The number of carbonyl (C=O) groups excluding carboxylic acids is 2. The molecule has 0 bridgehead atoms. The standard InChI is InChI=1S/C17H22ClN3O2S/c1-11-14(3-2-8-19-11)20-16(22)15-9-24-10-21(15)17(23)12-4-6-13(18)7-5-12/h4-7,11,14-15,19H,2-3,8-10H2,1H3,(H,20,22). The van der Waals surface area contributed by atoms with Crippen LogP contribution >= 0.6 is 23.4 Å². The van der Waals surface area contributed by atoms with Crippen molar-refractivity contribution in [2.45, 2.75) is 37.9 Å². The summed E-state index contributed by atoms with van der Waals surface area (Å²) in [5, 5.41) is 7.10. The van der Waals surface area contributed by atoms with Crippen molar-refractivity contribution < 1.29 is 9.59 Å². The number of benzene rings is 1. The van der Waals surface area contributed by atoms with Gasteiger partial charge in [0.1, 0.15) is 6.04 Å². The van der Waals surface area contributed by atoms with Gasteiger partial charge in [-0.05, 0) is 50.6 Å². The molecule has 2 aliphatic rings. The first kappa shape index (κ1) is 17.6. The largest absolute Gasteiger partial charge is 0.350 e. The summed E-state index contributed by atoms with van der Waals surface area (Å²) in [7, 11) is 0. The van der Waals surface area contributed by atoms with Crippen LogP contribution in [0.1, 0.15) is 30.1 Å². The van der Waals surface area contributed by atoms with Crippen molar-refractivity contribution >= 4 is 35.2 Å². The number of carbonyl (C=O) groups is 2. The molecule has 2 fully saturated rings. The minimum absolute atomic E-state index is 0.0529. The van der Waals surface area contributed by atoms with E-state index in [1.807, 2.05) is 0 Å². The summed E-state index contributed by atoms with van der Waals surface area (Å²) in [6, 6.07) is 6.78. The molecule has 2 amide bonds. The van der Waals surface area contributed by atoms with Gasteiger partial charge in [0, 0.05) is 28.4 Å². The van der Waals surface area contributed by atoms with Gasteiger partial charge >= 0.3 is 0 Å². The number of rotatable bonds is 3. The third kappa shape index (κ3) is 3.87. The molecule has 5 nitrogen and oxygen atoms in total. The Hall–Kier alpha value is -1.24. The van der Waals surface area contributed by atoms with Crippen LogP contribution in [0.25, 0.3) is 0 Å². The second kappa shape index (κ2) is 7.76. The third-order valence-electron chi connectivity index (χ3n) is 4.63. The van der Waals surface area contributed by atoms with Crippen molar-refractivity contribution in [3.05, 3.63) is 34.9 Å². The highest BCUT2D eigenvalue weighted by Gasteiger charge is 2.36. The van der Waals surface area contributed by atoms with Gasteiger partial charge in [0.25, 0.3) is 5.91 Å². The first-order valence-electron chi connectivity index (χ1n) is 8.24. The molecule has 0 aliphatic carbocycles. The molecular formula is C17H22ClN3O2S. The van der Waals surface area contributed by atoms with Gasteiger partial charge in [-0.15, -0.1) is 11.8 Å². The van der Waals surface area contributed by atoms with Crippen LogP contribution in [-0.2, 0) is 4.79 Å². The maximum Gasteiger partial charge on any atom is 0.255 e. The second-order valence-corrected chi connectivity index (χ2v) is 7.73. The van der Waals surface area contributed by atoms with Crippen LogP contribution in [0.2, 0.25) is 5.02 Å². The first-order chi connectivity index (χ1) is 11.6. The zero-order valence-corrected chi connectivity index (χ0v) is 15.2. The van der Waals surface area contributed by atoms with E-state index in [1.165, 1.54) is 0 Å². The number of piperidine rings is 1. The highest BCUT2D eigenvalue weighted by Crippen LogP contribution is 2.24. The van der Waals surface area contributed by atoms with Crippen LogP contribution in [0.4, 0.5) is 0 Å². The van der Waals surface area contributed by atoms with E-state index in [9.17, 15) is 9.59 Å². The number of thioether (sulfide) groups is 1. The van der Waals surface area contributed by atoms with Gasteiger partial charge in [0.2, 0.25) is 5.91 Å². The summed E-state index contributed by atoms with van der Waals surface area (Å²) in [4.78, 5) is 27.1. The summed E-state index contributed by atoms with van der Waals surface area (Å²) < 4.78 is 0. The maximum absolute atomic E-state index is 12.7. The van der Waals surface area contributed by atoms with Crippen LogP contribution in [0.3, 0.4) is 0 Å². The van der Waals surface area contributed by atoms with Crippen LogP contribution < -0.4 is 10.6 Å². The molecule has 3 atom stereocenters. The van der Waals surface area contributed by atoms with Gasteiger partial charge in [-0.3, -0.25) is 9.59 Å². The fraction of sp³-hybridized carbons (Fsp3) is 0.529. The van der Waals surface area contributed by atoms with Crippen molar-refractivity contribution in [1.29, 1.82) is 0 Å². The van der Waals surface area contributed by atoms with Crippen molar-refractivity contribution in [2.75, 3.05) is 18.2 Å². The first-order valence-corrected chi connectivity index (χ1v) is 9.77. The number of hydrogen-bond acceptors (Lipinski definition) is 4. The lowest BCUT2D eigenvalue weighted by molar-refractivity contribution is -0.125. The molecule has 0 aromatic heterocycles. The van der Waals surface area contributed by atoms with E-state index < -0.39 is 6.04 Å². The van der Waals surface area contributed by atoms with Crippen LogP contribution in [0.15, 0.2) is 24.3 Å². The average Bonchev–Trinajstić information content (AvgIpc) is 3.07. The molecule has 1 aromatic carbocycles. The van der Waals surface area contributed by atoms with Gasteiger partial charge in [-0.1, -0.05) is 11.6 Å². The average molecular weight is 368 g/mol. The van der Waals surface area contributed by atoms with Gasteiger partial charge in [-0.2, -0.15) is 0 Å². The molecular weight excluding hydrogens is 346 g/mol. The van der Waals surface area contributed by atoms with Crippen molar-refractivity contribution in [1.82, 2.24) is 15.5 Å². The molecule has 2 aliphatic heterocycles. The third-order valence-corrected chi connectivity index (χ3v) is 5.89. The summed E-state index contributed by atoms with van der Waals surface area (Å²) in [6.45, 7) is 3.08. The molecule has 0 radical (unpaired) electrons. The number of hydrogen-bond donors (Lipinski definition) is 2. The highest BCUT2D eigenvalue weighted by atomic mass is 35.5. The van der Waals surface area contributed by atoms with Gasteiger partial charge in [-0.25, -0.2) is 0 Å². The van der Waals surface area contributed by atoms with Crippen LogP contribution in [-0.4, -0.2) is 53.0 Å². The Morgan fingerprint density at radius 3 is 2.79 bits per heavy atom. The Bertz CT molecular complexity index is 610. The smallest absolute Gasteiger partial charge is 0.255 e. The van der Waals surface area contributed by atoms with Crippen LogP contribution in [0.5, 0.6) is 0 Å². The predicted octanol–water partition coefficient (Wildman–Crippen LogP) is 2.11.